The summed E-state index contributed by atoms with van der Waals surface area (Å²) in [6.07, 6.45) is 5.00. The van der Waals surface area contributed by atoms with Crippen molar-refractivity contribution in [3.05, 3.63) is 24.0 Å². The van der Waals surface area contributed by atoms with Crippen molar-refractivity contribution in [3.8, 4) is 0 Å². The van der Waals surface area contributed by atoms with Crippen LogP contribution in [0.4, 0.5) is 0 Å². The van der Waals surface area contributed by atoms with Gasteiger partial charge in [0.25, 0.3) is 5.91 Å². The van der Waals surface area contributed by atoms with Gasteiger partial charge in [0.15, 0.2) is 6.61 Å². The number of ether oxygens (including phenoxy) is 1. The van der Waals surface area contributed by atoms with Gasteiger partial charge < -0.3 is 15.0 Å². The molecule has 0 unspecified atom stereocenters. The average molecular weight is 278 g/mol. The van der Waals surface area contributed by atoms with Crippen LogP contribution in [0, 0.1) is 11.8 Å². The quantitative estimate of drug-likeness (QED) is 0.829. The fourth-order valence-electron chi connectivity index (χ4n) is 2.70. The zero-order valence-corrected chi connectivity index (χ0v) is 12.0. The molecule has 1 aromatic heterocycles. The van der Waals surface area contributed by atoms with E-state index >= 15 is 0 Å². The number of carbonyl (C=O) groups excluding carboxylic acids is 2. The third-order valence-electron chi connectivity index (χ3n) is 4.21. The van der Waals surface area contributed by atoms with E-state index in [9.17, 15) is 9.59 Å². The number of esters is 1. The normalized spacial score (nSPS) is 26.0. The van der Waals surface area contributed by atoms with Gasteiger partial charge in [0.2, 0.25) is 0 Å². The van der Waals surface area contributed by atoms with E-state index in [1.165, 1.54) is 6.42 Å². The van der Waals surface area contributed by atoms with Gasteiger partial charge in [-0.3, -0.25) is 4.79 Å². The van der Waals surface area contributed by atoms with Crippen molar-refractivity contribution < 1.29 is 14.3 Å². The van der Waals surface area contributed by atoms with Crippen LogP contribution in [0.25, 0.3) is 0 Å². The maximum Gasteiger partial charge on any atom is 0.355 e. The summed E-state index contributed by atoms with van der Waals surface area (Å²) in [5.41, 5.74) is 0.359. The minimum absolute atomic E-state index is 0.190. The van der Waals surface area contributed by atoms with Gasteiger partial charge in [-0.05, 0) is 30.4 Å². The van der Waals surface area contributed by atoms with Gasteiger partial charge in [0.05, 0.1) is 0 Å². The van der Waals surface area contributed by atoms with Crippen LogP contribution in [0.3, 0.4) is 0 Å². The molecule has 1 fully saturated rings. The first-order valence-corrected chi connectivity index (χ1v) is 7.18. The number of aromatic nitrogens is 1. The first kappa shape index (κ1) is 14.6. The summed E-state index contributed by atoms with van der Waals surface area (Å²) in [6, 6.07) is 3.52. The molecule has 2 N–H and O–H groups in total. The number of hydrogen-bond acceptors (Lipinski definition) is 3. The van der Waals surface area contributed by atoms with Gasteiger partial charge in [-0.15, -0.1) is 0 Å². The Morgan fingerprint density at radius 2 is 2.20 bits per heavy atom. The molecule has 1 aromatic rings. The van der Waals surface area contributed by atoms with E-state index in [1.807, 2.05) is 0 Å². The van der Waals surface area contributed by atoms with Crippen LogP contribution in [0.5, 0.6) is 0 Å². The standard InChI is InChI=1S/C15H22N2O3/c1-10-5-3-6-12(11(10)2)17-14(18)9-20-15(19)13-7-4-8-16-13/h4,7-8,10-12,16H,3,5-6,9H2,1-2H3,(H,17,18)/t10-,11+,12+/m0/s1. The molecular formula is C15H22N2O3. The summed E-state index contributed by atoms with van der Waals surface area (Å²) in [5, 5.41) is 2.97. The van der Waals surface area contributed by atoms with E-state index in [4.69, 9.17) is 4.74 Å². The van der Waals surface area contributed by atoms with E-state index in [-0.39, 0.29) is 18.6 Å². The van der Waals surface area contributed by atoms with Crippen molar-refractivity contribution in [2.45, 2.75) is 39.2 Å². The fourth-order valence-corrected chi connectivity index (χ4v) is 2.70. The molecule has 1 aliphatic rings. The summed E-state index contributed by atoms with van der Waals surface area (Å²) >= 11 is 0. The molecule has 0 bridgehead atoms. The molecule has 110 valence electrons. The van der Waals surface area contributed by atoms with E-state index in [0.717, 1.165) is 12.8 Å². The Morgan fingerprint density at radius 3 is 2.90 bits per heavy atom. The molecule has 0 saturated heterocycles. The second-order valence-corrected chi connectivity index (χ2v) is 5.60. The highest BCUT2D eigenvalue weighted by Gasteiger charge is 2.28. The van der Waals surface area contributed by atoms with Crippen LogP contribution in [-0.4, -0.2) is 29.5 Å². The summed E-state index contributed by atoms with van der Waals surface area (Å²) in [4.78, 5) is 26.2. The summed E-state index contributed by atoms with van der Waals surface area (Å²) in [6.45, 7) is 4.16. The van der Waals surface area contributed by atoms with Crippen LogP contribution in [0.15, 0.2) is 18.3 Å². The zero-order chi connectivity index (χ0) is 14.5. The Balaban J connectivity index is 1.76. The third kappa shape index (κ3) is 3.62. The van der Waals surface area contributed by atoms with Crippen molar-refractivity contribution in [1.82, 2.24) is 10.3 Å². The topological polar surface area (TPSA) is 71.2 Å². The van der Waals surface area contributed by atoms with Crippen molar-refractivity contribution in [2.24, 2.45) is 11.8 Å². The summed E-state index contributed by atoms with van der Waals surface area (Å²) < 4.78 is 4.97. The Kier molecular flexibility index (Phi) is 4.82. The third-order valence-corrected chi connectivity index (χ3v) is 4.21. The van der Waals surface area contributed by atoms with Gasteiger partial charge in [0.1, 0.15) is 5.69 Å². The number of amides is 1. The lowest BCUT2D eigenvalue weighted by atomic mass is 9.78. The lowest BCUT2D eigenvalue weighted by molar-refractivity contribution is -0.125. The zero-order valence-electron chi connectivity index (χ0n) is 12.0. The maximum atomic E-state index is 11.8. The molecule has 1 aliphatic carbocycles. The van der Waals surface area contributed by atoms with Crippen LogP contribution in [0.2, 0.25) is 0 Å². The molecule has 0 spiro atoms. The molecule has 0 aliphatic heterocycles. The molecule has 3 atom stereocenters. The molecule has 1 saturated carbocycles. The first-order valence-electron chi connectivity index (χ1n) is 7.18. The summed E-state index contributed by atoms with van der Waals surface area (Å²) in [5.74, 6) is 0.355. The van der Waals surface area contributed by atoms with Crippen molar-refractivity contribution in [2.75, 3.05) is 6.61 Å². The molecular weight excluding hydrogens is 256 g/mol. The molecule has 5 heteroatoms. The second kappa shape index (κ2) is 6.59. The smallest absolute Gasteiger partial charge is 0.355 e. The van der Waals surface area contributed by atoms with Crippen LogP contribution < -0.4 is 5.32 Å². The Morgan fingerprint density at radius 1 is 1.40 bits per heavy atom. The van der Waals surface area contributed by atoms with Crippen molar-refractivity contribution in [1.29, 1.82) is 0 Å². The van der Waals surface area contributed by atoms with Gasteiger partial charge in [-0.25, -0.2) is 4.79 Å². The highest BCUT2D eigenvalue weighted by molar-refractivity contribution is 5.89. The number of hydrogen-bond donors (Lipinski definition) is 2. The highest BCUT2D eigenvalue weighted by Crippen LogP contribution is 2.29. The Bertz CT molecular complexity index is 456. The van der Waals surface area contributed by atoms with Gasteiger partial charge >= 0.3 is 5.97 Å². The maximum absolute atomic E-state index is 11.8. The molecule has 1 amide bonds. The Labute approximate surface area is 119 Å². The lowest BCUT2D eigenvalue weighted by Gasteiger charge is -2.34. The van der Waals surface area contributed by atoms with Crippen molar-refractivity contribution >= 4 is 11.9 Å². The number of carbonyl (C=O) groups is 2. The molecule has 0 radical (unpaired) electrons. The minimum atomic E-state index is -0.504. The molecule has 0 aromatic carbocycles. The van der Waals surface area contributed by atoms with Crippen molar-refractivity contribution in [3.63, 3.8) is 0 Å². The average Bonchev–Trinajstić information content (AvgIpc) is 2.95. The SMILES string of the molecule is C[C@@H]1[C@@H](C)CCC[C@H]1NC(=O)COC(=O)c1ccc[nH]1. The van der Waals surface area contributed by atoms with Gasteiger partial charge in [0, 0.05) is 12.2 Å². The Hall–Kier alpha value is -1.78. The van der Waals surface area contributed by atoms with E-state index in [0.29, 0.717) is 17.5 Å². The molecule has 5 nitrogen and oxygen atoms in total. The predicted molar refractivity (Wildman–Crippen MR) is 75.2 cm³/mol. The number of rotatable bonds is 4. The minimum Gasteiger partial charge on any atom is -0.451 e. The van der Waals surface area contributed by atoms with Crippen LogP contribution >= 0.6 is 0 Å². The van der Waals surface area contributed by atoms with Gasteiger partial charge in [-0.2, -0.15) is 0 Å². The van der Waals surface area contributed by atoms with Crippen LogP contribution in [0.1, 0.15) is 43.6 Å². The van der Waals surface area contributed by atoms with E-state index < -0.39 is 5.97 Å². The largest absolute Gasteiger partial charge is 0.451 e. The first-order chi connectivity index (χ1) is 9.58. The van der Waals surface area contributed by atoms with Crippen LogP contribution in [-0.2, 0) is 9.53 Å². The number of H-pyrrole nitrogens is 1. The predicted octanol–water partition coefficient (Wildman–Crippen LogP) is 2.11. The van der Waals surface area contributed by atoms with E-state index in [2.05, 4.69) is 24.1 Å². The fraction of sp³-hybridized carbons (Fsp3) is 0.600. The highest BCUT2D eigenvalue weighted by atomic mass is 16.5. The molecule has 2 rings (SSSR count). The van der Waals surface area contributed by atoms with Gasteiger partial charge in [-0.1, -0.05) is 26.7 Å². The second-order valence-electron chi connectivity index (χ2n) is 5.60. The van der Waals surface area contributed by atoms with E-state index in [1.54, 1.807) is 18.3 Å². The number of nitrogens with one attached hydrogen (secondary N) is 2. The summed E-state index contributed by atoms with van der Waals surface area (Å²) in [7, 11) is 0. The lowest BCUT2D eigenvalue weighted by Crippen LogP contribution is -2.45. The molecule has 1 heterocycles. The number of aromatic amines is 1. The molecule has 20 heavy (non-hydrogen) atoms. The monoisotopic (exact) mass is 278 g/mol.